The van der Waals surface area contributed by atoms with E-state index >= 15 is 0 Å². The molecule has 2 fully saturated rings. The van der Waals surface area contributed by atoms with Crippen LogP contribution in [0.5, 0.6) is 5.75 Å². The first-order valence-electron chi connectivity index (χ1n) is 9.65. The van der Waals surface area contributed by atoms with Crippen LogP contribution in [-0.2, 0) is 35.0 Å². The number of hydrogen-bond donors (Lipinski definition) is 1. The van der Waals surface area contributed by atoms with E-state index in [-0.39, 0.29) is 12.5 Å². The summed E-state index contributed by atoms with van der Waals surface area (Å²) in [6, 6.07) is 6.52. The number of hydrogen-bond acceptors (Lipinski definition) is 7. The third kappa shape index (κ3) is 5.45. The number of carbonyl (C=O) groups excluding carboxylic acids is 3. The van der Waals surface area contributed by atoms with Crippen LogP contribution in [0.4, 0.5) is 0 Å². The van der Waals surface area contributed by atoms with Crippen molar-refractivity contribution in [3.05, 3.63) is 29.8 Å². The Kier molecular flexibility index (Phi) is 7.05. The molecule has 2 heterocycles. The number of amides is 2. The van der Waals surface area contributed by atoms with Gasteiger partial charge in [0.05, 0.1) is 26.9 Å². The number of morpholine rings is 1. The minimum atomic E-state index is -0.926. The van der Waals surface area contributed by atoms with Gasteiger partial charge in [-0.2, -0.15) is 0 Å². The van der Waals surface area contributed by atoms with Gasteiger partial charge in [0, 0.05) is 19.5 Å². The van der Waals surface area contributed by atoms with E-state index in [0.717, 1.165) is 5.56 Å². The highest BCUT2D eigenvalue weighted by Crippen LogP contribution is 2.24. The van der Waals surface area contributed by atoms with Crippen molar-refractivity contribution in [1.82, 2.24) is 10.2 Å². The van der Waals surface area contributed by atoms with Crippen molar-refractivity contribution in [1.29, 1.82) is 0 Å². The summed E-state index contributed by atoms with van der Waals surface area (Å²) < 4.78 is 20.5. The number of nitrogens with zero attached hydrogens (tertiary/aromatic N) is 1. The van der Waals surface area contributed by atoms with Crippen LogP contribution >= 0.6 is 0 Å². The van der Waals surface area contributed by atoms with Crippen molar-refractivity contribution in [2.45, 2.75) is 31.6 Å². The summed E-state index contributed by atoms with van der Waals surface area (Å²) in [7, 11) is 1.58. The molecule has 0 aliphatic carbocycles. The maximum atomic E-state index is 13.0. The number of carbonyl (C=O) groups is 3. The Labute approximate surface area is 169 Å². The molecule has 1 N–H and O–H groups in total. The van der Waals surface area contributed by atoms with Crippen LogP contribution < -0.4 is 10.1 Å². The van der Waals surface area contributed by atoms with Gasteiger partial charge in [-0.1, -0.05) is 12.1 Å². The van der Waals surface area contributed by atoms with Crippen LogP contribution in [-0.4, -0.2) is 81.0 Å². The lowest BCUT2D eigenvalue weighted by molar-refractivity contribution is -0.144. The second-order valence-corrected chi connectivity index (χ2v) is 6.78. The average molecular weight is 406 g/mol. The van der Waals surface area contributed by atoms with Gasteiger partial charge >= 0.3 is 5.97 Å². The predicted octanol–water partition coefficient (Wildman–Crippen LogP) is -0.0882. The van der Waals surface area contributed by atoms with Crippen molar-refractivity contribution in [3.8, 4) is 5.75 Å². The summed E-state index contributed by atoms with van der Waals surface area (Å²) in [6.07, 6.45) is -1.53. The minimum Gasteiger partial charge on any atom is -0.497 e. The normalized spacial score (nSPS) is 21.8. The molecule has 1 aromatic carbocycles. The monoisotopic (exact) mass is 406 g/mol. The van der Waals surface area contributed by atoms with Gasteiger partial charge in [-0.25, -0.2) is 4.79 Å². The Bertz CT molecular complexity index is 731. The number of esters is 1. The molecule has 9 heteroatoms. The summed E-state index contributed by atoms with van der Waals surface area (Å²) in [5.74, 6) is -0.551. The molecule has 2 saturated heterocycles. The number of ether oxygens (including phenoxy) is 4. The topological polar surface area (TPSA) is 107 Å². The Morgan fingerprint density at radius 3 is 2.48 bits per heavy atom. The van der Waals surface area contributed by atoms with Gasteiger partial charge in [0.2, 0.25) is 5.91 Å². The fourth-order valence-corrected chi connectivity index (χ4v) is 3.17. The molecular formula is C20H26N2O7. The number of nitrogens with one attached hydrogen (secondary N) is 1. The van der Waals surface area contributed by atoms with Crippen LogP contribution in [0.3, 0.4) is 0 Å². The van der Waals surface area contributed by atoms with E-state index < -0.39 is 30.1 Å². The van der Waals surface area contributed by atoms with E-state index in [1.54, 1.807) is 31.1 Å². The van der Waals surface area contributed by atoms with Gasteiger partial charge in [-0.3, -0.25) is 9.59 Å². The molecule has 29 heavy (non-hydrogen) atoms. The molecule has 0 radical (unpaired) electrons. The van der Waals surface area contributed by atoms with Crippen molar-refractivity contribution in [2.24, 2.45) is 0 Å². The van der Waals surface area contributed by atoms with Gasteiger partial charge in [0.25, 0.3) is 5.91 Å². The zero-order valence-electron chi connectivity index (χ0n) is 16.6. The molecule has 9 nitrogen and oxygen atoms in total. The van der Waals surface area contributed by atoms with Gasteiger partial charge in [-0.05, 0) is 24.6 Å². The number of epoxide rings is 1. The van der Waals surface area contributed by atoms with Crippen LogP contribution in [0, 0.1) is 0 Å². The lowest BCUT2D eigenvalue weighted by atomic mass is 10.0. The quantitative estimate of drug-likeness (QED) is 0.475. The van der Waals surface area contributed by atoms with Crippen LogP contribution in [0.25, 0.3) is 0 Å². The highest BCUT2D eigenvalue weighted by Gasteiger charge is 2.52. The van der Waals surface area contributed by atoms with Crippen LogP contribution in [0.1, 0.15) is 12.5 Å². The van der Waals surface area contributed by atoms with Crippen molar-refractivity contribution in [3.63, 3.8) is 0 Å². The second-order valence-electron chi connectivity index (χ2n) is 6.78. The predicted molar refractivity (Wildman–Crippen MR) is 101 cm³/mol. The Balaban J connectivity index is 1.67. The van der Waals surface area contributed by atoms with Gasteiger partial charge in [0.15, 0.2) is 12.2 Å². The summed E-state index contributed by atoms with van der Waals surface area (Å²) in [6.45, 7) is 3.76. The van der Waals surface area contributed by atoms with Gasteiger partial charge < -0.3 is 29.2 Å². The average Bonchev–Trinajstić information content (AvgIpc) is 3.55. The molecule has 3 atom stereocenters. The van der Waals surface area contributed by atoms with Crippen LogP contribution in [0.15, 0.2) is 24.3 Å². The molecule has 3 rings (SSSR count). The fourth-order valence-electron chi connectivity index (χ4n) is 3.17. The summed E-state index contributed by atoms with van der Waals surface area (Å²) >= 11 is 0. The molecule has 1 aromatic rings. The smallest absolute Gasteiger partial charge is 0.338 e. The van der Waals surface area contributed by atoms with E-state index in [0.29, 0.717) is 38.5 Å². The molecule has 2 aliphatic rings. The lowest BCUT2D eigenvalue weighted by Gasteiger charge is -2.30. The first-order valence-corrected chi connectivity index (χ1v) is 9.65. The molecule has 0 spiro atoms. The van der Waals surface area contributed by atoms with E-state index in [1.807, 2.05) is 12.1 Å². The molecule has 0 unspecified atom stereocenters. The van der Waals surface area contributed by atoms with Crippen molar-refractivity contribution in [2.75, 3.05) is 40.0 Å². The summed E-state index contributed by atoms with van der Waals surface area (Å²) in [5.41, 5.74) is 0.872. The standard InChI is InChI=1S/C20H26N2O7/c1-3-28-20(25)17-16(29-17)18(23)21-15(19(24)22-8-10-27-11-9-22)12-13-4-6-14(26-2)7-5-13/h4-7,15-17H,3,8-12H2,1-2H3,(H,21,23)/t15-,16-,17-/m0/s1. The first kappa shape index (κ1) is 21.1. The Morgan fingerprint density at radius 1 is 1.17 bits per heavy atom. The van der Waals surface area contributed by atoms with Crippen LogP contribution in [0.2, 0.25) is 0 Å². The SMILES string of the molecule is CCOC(=O)[C@H]1O[C@@H]1C(=O)N[C@@H](Cc1ccc(OC)cc1)C(=O)N1CCOCC1. The molecule has 0 aromatic heterocycles. The number of benzene rings is 1. The minimum absolute atomic E-state index is 0.189. The third-order valence-corrected chi connectivity index (χ3v) is 4.81. The molecular weight excluding hydrogens is 380 g/mol. The number of rotatable bonds is 8. The molecule has 2 aliphatic heterocycles. The Morgan fingerprint density at radius 2 is 1.86 bits per heavy atom. The maximum Gasteiger partial charge on any atom is 0.338 e. The second kappa shape index (κ2) is 9.71. The summed E-state index contributed by atoms with van der Waals surface area (Å²) in [5, 5.41) is 2.75. The highest BCUT2D eigenvalue weighted by atomic mass is 16.6. The zero-order chi connectivity index (χ0) is 20.8. The zero-order valence-corrected chi connectivity index (χ0v) is 16.6. The molecule has 0 saturated carbocycles. The van der Waals surface area contributed by atoms with E-state index in [1.165, 1.54) is 0 Å². The Hall–Kier alpha value is -2.65. The third-order valence-electron chi connectivity index (χ3n) is 4.81. The van der Waals surface area contributed by atoms with Crippen molar-refractivity contribution >= 4 is 17.8 Å². The molecule has 158 valence electrons. The van der Waals surface area contributed by atoms with Crippen molar-refractivity contribution < 1.29 is 33.3 Å². The molecule has 0 bridgehead atoms. The largest absolute Gasteiger partial charge is 0.497 e. The number of methoxy groups -OCH3 is 1. The van der Waals surface area contributed by atoms with Gasteiger partial charge in [-0.15, -0.1) is 0 Å². The first-order chi connectivity index (χ1) is 14.0. The van der Waals surface area contributed by atoms with E-state index in [4.69, 9.17) is 18.9 Å². The highest BCUT2D eigenvalue weighted by molar-refractivity contribution is 5.95. The van der Waals surface area contributed by atoms with Gasteiger partial charge in [0.1, 0.15) is 11.8 Å². The molecule has 2 amide bonds. The van der Waals surface area contributed by atoms with E-state index in [9.17, 15) is 14.4 Å². The maximum absolute atomic E-state index is 13.0. The van der Waals surface area contributed by atoms with E-state index in [2.05, 4.69) is 5.32 Å². The lowest BCUT2D eigenvalue weighted by Crippen LogP contribution is -2.53. The summed E-state index contributed by atoms with van der Waals surface area (Å²) in [4.78, 5) is 39.0. The fraction of sp³-hybridized carbons (Fsp3) is 0.550.